The van der Waals surface area contributed by atoms with Crippen LogP contribution in [0.5, 0.6) is 0 Å². The first-order chi connectivity index (χ1) is 7.09. The molecular formula is C13H23NO. The summed E-state index contributed by atoms with van der Waals surface area (Å²) < 4.78 is 0. The fourth-order valence-corrected chi connectivity index (χ4v) is 3.62. The minimum atomic E-state index is 0.263. The first-order valence-electron chi connectivity index (χ1n) is 6.36. The molecule has 4 atom stereocenters. The van der Waals surface area contributed by atoms with Gasteiger partial charge in [-0.15, -0.1) is 0 Å². The molecule has 0 spiro atoms. The van der Waals surface area contributed by atoms with Crippen LogP contribution in [0, 0.1) is 17.8 Å². The molecule has 1 aliphatic heterocycles. The zero-order valence-corrected chi connectivity index (χ0v) is 10.2. The molecule has 15 heavy (non-hydrogen) atoms. The Morgan fingerprint density at radius 3 is 2.60 bits per heavy atom. The quantitative estimate of drug-likeness (QED) is 0.600. The van der Waals surface area contributed by atoms with Crippen LogP contribution in [0.3, 0.4) is 0 Å². The van der Waals surface area contributed by atoms with Crippen molar-refractivity contribution in [2.24, 2.45) is 17.8 Å². The topological polar surface area (TPSA) is 20.3 Å². The first kappa shape index (κ1) is 11.0. The molecule has 1 amide bonds. The number of fused-ring (bicyclic) bond motifs is 1. The van der Waals surface area contributed by atoms with E-state index in [0.717, 1.165) is 24.3 Å². The van der Waals surface area contributed by atoms with Crippen LogP contribution >= 0.6 is 0 Å². The summed E-state index contributed by atoms with van der Waals surface area (Å²) in [5.41, 5.74) is 0. The maximum absolute atomic E-state index is 11.5. The van der Waals surface area contributed by atoms with Gasteiger partial charge in [-0.2, -0.15) is 0 Å². The van der Waals surface area contributed by atoms with E-state index in [1.165, 1.54) is 25.7 Å². The molecule has 1 saturated heterocycles. The Labute approximate surface area is 93.0 Å². The van der Waals surface area contributed by atoms with Gasteiger partial charge >= 0.3 is 0 Å². The normalized spacial score (nSPS) is 41.1. The number of piperidine rings is 1. The van der Waals surface area contributed by atoms with Gasteiger partial charge in [0.2, 0.25) is 5.91 Å². The van der Waals surface area contributed by atoms with E-state index in [9.17, 15) is 4.79 Å². The number of carbonyl (C=O) groups excluding carboxylic acids is 1. The van der Waals surface area contributed by atoms with E-state index in [0.29, 0.717) is 6.04 Å². The Bertz CT molecular complexity index is 251. The molecule has 2 aliphatic rings. The summed E-state index contributed by atoms with van der Waals surface area (Å²) in [6.07, 6.45) is 5.35. The van der Waals surface area contributed by atoms with Crippen LogP contribution in [0.2, 0.25) is 0 Å². The Hall–Kier alpha value is -0.530. The number of carbonyl (C=O) groups is 1. The first-order valence-corrected chi connectivity index (χ1v) is 6.36. The molecule has 2 unspecified atom stereocenters. The van der Waals surface area contributed by atoms with Gasteiger partial charge in [0, 0.05) is 19.5 Å². The fourth-order valence-electron chi connectivity index (χ4n) is 3.62. The number of amides is 1. The zero-order chi connectivity index (χ0) is 11.0. The third-order valence-electron chi connectivity index (χ3n) is 4.57. The van der Waals surface area contributed by atoms with Gasteiger partial charge in [-0.05, 0) is 43.9 Å². The van der Waals surface area contributed by atoms with Gasteiger partial charge in [0.05, 0.1) is 0 Å². The summed E-state index contributed by atoms with van der Waals surface area (Å²) >= 11 is 0. The summed E-state index contributed by atoms with van der Waals surface area (Å²) in [7, 11) is 0. The molecule has 2 fully saturated rings. The van der Waals surface area contributed by atoms with E-state index in [4.69, 9.17) is 0 Å². The Balaban J connectivity index is 2.08. The third kappa shape index (κ3) is 2.04. The number of hydrogen-bond acceptors (Lipinski definition) is 1. The maximum atomic E-state index is 11.5. The van der Waals surface area contributed by atoms with Gasteiger partial charge in [-0.3, -0.25) is 4.79 Å². The van der Waals surface area contributed by atoms with Crippen LogP contribution < -0.4 is 0 Å². The molecule has 0 aromatic rings. The van der Waals surface area contributed by atoms with Crippen LogP contribution in [-0.4, -0.2) is 23.4 Å². The van der Waals surface area contributed by atoms with Crippen LogP contribution in [-0.2, 0) is 4.79 Å². The second kappa shape index (κ2) is 4.15. The molecule has 1 aliphatic carbocycles. The summed E-state index contributed by atoms with van der Waals surface area (Å²) in [6, 6.07) is 0.476. The molecule has 2 nitrogen and oxygen atoms in total. The van der Waals surface area contributed by atoms with Crippen molar-refractivity contribution >= 4 is 5.91 Å². The highest BCUT2D eigenvalue weighted by Gasteiger charge is 2.39. The monoisotopic (exact) mass is 209 g/mol. The van der Waals surface area contributed by atoms with Gasteiger partial charge in [0.1, 0.15) is 0 Å². The summed E-state index contributed by atoms with van der Waals surface area (Å²) in [5.74, 6) is 2.79. The molecule has 0 aromatic heterocycles. The number of nitrogens with zero attached hydrogens (tertiary/aromatic N) is 1. The molecule has 86 valence electrons. The van der Waals surface area contributed by atoms with Gasteiger partial charge in [0.15, 0.2) is 0 Å². The van der Waals surface area contributed by atoms with E-state index in [1.807, 2.05) is 0 Å². The minimum absolute atomic E-state index is 0.263. The average Bonchev–Trinajstić information content (AvgIpc) is 2.19. The van der Waals surface area contributed by atoms with Crippen molar-refractivity contribution in [1.82, 2.24) is 4.90 Å². The highest BCUT2D eigenvalue weighted by atomic mass is 16.2. The van der Waals surface area contributed by atoms with E-state index in [-0.39, 0.29) is 5.91 Å². The Kier molecular flexibility index (Phi) is 3.03. The van der Waals surface area contributed by atoms with Gasteiger partial charge in [-0.1, -0.05) is 13.3 Å². The zero-order valence-electron chi connectivity index (χ0n) is 10.2. The summed E-state index contributed by atoms with van der Waals surface area (Å²) in [6.45, 7) is 7.31. The van der Waals surface area contributed by atoms with Crippen molar-refractivity contribution in [3.05, 3.63) is 0 Å². The lowest BCUT2D eigenvalue weighted by molar-refractivity contribution is -0.135. The lowest BCUT2D eigenvalue weighted by Gasteiger charge is -2.47. The van der Waals surface area contributed by atoms with E-state index in [1.54, 1.807) is 6.92 Å². The molecule has 0 radical (unpaired) electrons. The molecule has 2 rings (SSSR count). The van der Waals surface area contributed by atoms with Crippen LogP contribution in [0.1, 0.15) is 46.5 Å². The Morgan fingerprint density at radius 2 is 1.93 bits per heavy atom. The van der Waals surface area contributed by atoms with Crippen LogP contribution in [0.25, 0.3) is 0 Å². The van der Waals surface area contributed by atoms with Crippen molar-refractivity contribution in [2.75, 3.05) is 6.54 Å². The second-order valence-electron chi connectivity index (χ2n) is 5.58. The number of hydrogen-bond donors (Lipinski definition) is 0. The summed E-state index contributed by atoms with van der Waals surface area (Å²) in [4.78, 5) is 13.6. The Morgan fingerprint density at radius 1 is 1.20 bits per heavy atom. The van der Waals surface area contributed by atoms with Gasteiger partial charge in [0.25, 0.3) is 0 Å². The average molecular weight is 209 g/mol. The van der Waals surface area contributed by atoms with E-state index >= 15 is 0 Å². The molecule has 0 bridgehead atoms. The smallest absolute Gasteiger partial charge is 0.219 e. The molecule has 1 saturated carbocycles. The molecule has 2 heteroatoms. The fraction of sp³-hybridized carbons (Fsp3) is 0.923. The standard InChI is InChI=1S/C13H23NO/c1-9-4-5-12-6-7-14(11(3)15)10(2)13(12)8-9/h9-10,12-13H,4-8H2,1-3H3/t9-,10-,12?,13?/m1/s1. The molecule has 0 aromatic carbocycles. The van der Waals surface area contributed by atoms with Crippen LogP contribution in [0.4, 0.5) is 0 Å². The third-order valence-corrected chi connectivity index (χ3v) is 4.57. The highest BCUT2D eigenvalue weighted by Crippen LogP contribution is 2.41. The number of rotatable bonds is 0. The molecule has 0 N–H and O–H groups in total. The van der Waals surface area contributed by atoms with Crippen molar-refractivity contribution in [1.29, 1.82) is 0 Å². The van der Waals surface area contributed by atoms with Crippen molar-refractivity contribution in [3.8, 4) is 0 Å². The minimum Gasteiger partial charge on any atom is -0.340 e. The van der Waals surface area contributed by atoms with Crippen molar-refractivity contribution in [3.63, 3.8) is 0 Å². The van der Waals surface area contributed by atoms with Crippen molar-refractivity contribution < 1.29 is 4.79 Å². The molecule has 1 heterocycles. The van der Waals surface area contributed by atoms with Gasteiger partial charge < -0.3 is 4.90 Å². The predicted octanol–water partition coefficient (Wildman–Crippen LogP) is 2.68. The predicted molar refractivity (Wildman–Crippen MR) is 61.5 cm³/mol. The second-order valence-corrected chi connectivity index (χ2v) is 5.58. The molecular weight excluding hydrogens is 186 g/mol. The lowest BCUT2D eigenvalue weighted by atomic mass is 9.68. The largest absolute Gasteiger partial charge is 0.340 e. The van der Waals surface area contributed by atoms with E-state index in [2.05, 4.69) is 18.7 Å². The van der Waals surface area contributed by atoms with Gasteiger partial charge in [-0.25, -0.2) is 0 Å². The van der Waals surface area contributed by atoms with Crippen LogP contribution in [0.15, 0.2) is 0 Å². The lowest BCUT2D eigenvalue weighted by Crippen LogP contribution is -2.51. The maximum Gasteiger partial charge on any atom is 0.219 e. The van der Waals surface area contributed by atoms with E-state index < -0.39 is 0 Å². The van der Waals surface area contributed by atoms with Crippen molar-refractivity contribution in [2.45, 2.75) is 52.5 Å². The summed E-state index contributed by atoms with van der Waals surface area (Å²) in [5, 5.41) is 0. The SMILES string of the molecule is CC(=O)N1CCC2CC[C@@H](C)CC2[C@H]1C. The highest BCUT2D eigenvalue weighted by molar-refractivity contribution is 5.73. The number of likely N-dealkylation sites (tertiary alicyclic amines) is 1.